The summed E-state index contributed by atoms with van der Waals surface area (Å²) in [5, 5.41) is 20.2. The minimum absolute atomic E-state index is 0.118. The number of phenols is 1. The molecule has 0 aromatic heterocycles. The number of aromatic carboxylic acids is 1. The highest BCUT2D eigenvalue weighted by Crippen LogP contribution is 2.27. The van der Waals surface area contributed by atoms with E-state index in [1.54, 1.807) is 11.0 Å². The summed E-state index contributed by atoms with van der Waals surface area (Å²) in [6, 6.07) is 21.4. The Morgan fingerprint density at radius 2 is 1.65 bits per heavy atom. The molecule has 5 nitrogen and oxygen atoms in total. The minimum Gasteiger partial charge on any atom is -0.507 e. The molecule has 206 valence electrons. The Hall–Kier alpha value is -4.27. The van der Waals surface area contributed by atoms with Crippen LogP contribution in [0.1, 0.15) is 61.0 Å². The number of halogens is 1. The summed E-state index contributed by atoms with van der Waals surface area (Å²) in [7, 11) is 0. The fourth-order valence-corrected chi connectivity index (χ4v) is 4.36. The molecule has 0 atom stereocenters. The summed E-state index contributed by atoms with van der Waals surface area (Å²) < 4.78 is 0. The van der Waals surface area contributed by atoms with Gasteiger partial charge in [0.05, 0.1) is 0 Å². The first-order chi connectivity index (χ1) is 19.4. The predicted molar refractivity (Wildman–Crippen MR) is 162 cm³/mol. The van der Waals surface area contributed by atoms with Crippen molar-refractivity contribution >= 4 is 29.2 Å². The van der Waals surface area contributed by atoms with Crippen molar-refractivity contribution in [1.29, 1.82) is 0 Å². The zero-order valence-electron chi connectivity index (χ0n) is 22.9. The van der Waals surface area contributed by atoms with Gasteiger partial charge in [0.2, 0.25) is 5.91 Å². The summed E-state index contributed by atoms with van der Waals surface area (Å²) in [5.74, 6) is 4.71. The molecule has 0 saturated heterocycles. The molecule has 0 spiro atoms. The van der Waals surface area contributed by atoms with Gasteiger partial charge in [-0.2, -0.15) is 0 Å². The van der Waals surface area contributed by atoms with E-state index in [1.807, 2.05) is 80.6 Å². The maximum atomic E-state index is 13.4. The zero-order valence-corrected chi connectivity index (χ0v) is 23.6. The number of rotatable bonds is 7. The summed E-state index contributed by atoms with van der Waals surface area (Å²) in [6.07, 6.45) is 7.35. The summed E-state index contributed by atoms with van der Waals surface area (Å²) >= 11 is 5.95. The third kappa shape index (κ3) is 8.90. The van der Waals surface area contributed by atoms with Crippen LogP contribution in [0.15, 0.2) is 96.1 Å². The van der Waals surface area contributed by atoms with Gasteiger partial charge in [0, 0.05) is 34.8 Å². The number of carboxylic acids is 1. The fraction of sp³-hybridized carbons (Fsp3) is 0.235. The van der Waals surface area contributed by atoms with Crippen molar-refractivity contribution in [2.75, 3.05) is 11.4 Å². The molecule has 6 heteroatoms. The molecule has 0 saturated carbocycles. The van der Waals surface area contributed by atoms with Crippen molar-refractivity contribution in [3.63, 3.8) is 0 Å². The number of carbonyl (C=O) groups excluding carboxylic acids is 1. The molecular weight excluding hydrogens is 522 g/mol. The van der Waals surface area contributed by atoms with Crippen LogP contribution in [0, 0.1) is 11.8 Å². The second kappa shape index (κ2) is 15.4. The monoisotopic (exact) mass is 555 g/mol. The lowest BCUT2D eigenvalue weighted by Crippen LogP contribution is -2.33. The van der Waals surface area contributed by atoms with Crippen molar-refractivity contribution in [2.24, 2.45) is 0 Å². The summed E-state index contributed by atoms with van der Waals surface area (Å²) in [4.78, 5) is 26.7. The van der Waals surface area contributed by atoms with Crippen LogP contribution in [0.2, 0.25) is 5.02 Å². The third-order valence-corrected chi connectivity index (χ3v) is 6.58. The number of nitrogens with zero attached hydrogens (tertiary/aromatic N) is 1. The average Bonchev–Trinajstić information content (AvgIpc) is 3.21. The van der Waals surface area contributed by atoms with E-state index in [1.165, 1.54) is 12.1 Å². The number of hydrogen-bond donors (Lipinski definition) is 2. The molecule has 2 N–H and O–H groups in total. The number of anilines is 1. The van der Waals surface area contributed by atoms with E-state index in [2.05, 4.69) is 11.8 Å². The topological polar surface area (TPSA) is 77.8 Å². The number of amides is 1. The Kier molecular flexibility index (Phi) is 11.6. The van der Waals surface area contributed by atoms with Crippen molar-refractivity contribution < 1.29 is 19.8 Å². The zero-order chi connectivity index (χ0) is 28.9. The molecule has 1 aliphatic rings. The largest absolute Gasteiger partial charge is 0.507 e. The van der Waals surface area contributed by atoms with E-state index < -0.39 is 5.97 Å². The van der Waals surface area contributed by atoms with Gasteiger partial charge in [-0.25, -0.2) is 4.79 Å². The van der Waals surface area contributed by atoms with Crippen LogP contribution in [-0.2, 0) is 11.2 Å². The van der Waals surface area contributed by atoms with Gasteiger partial charge >= 0.3 is 5.97 Å². The van der Waals surface area contributed by atoms with Gasteiger partial charge in [-0.05, 0) is 73.7 Å². The number of hydrogen-bond acceptors (Lipinski definition) is 3. The number of allylic oxidation sites excluding steroid dienone is 3. The maximum absolute atomic E-state index is 13.4. The molecule has 0 radical (unpaired) electrons. The first-order valence-corrected chi connectivity index (χ1v) is 13.8. The van der Waals surface area contributed by atoms with Crippen LogP contribution in [0.25, 0.3) is 0 Å². The predicted octanol–water partition coefficient (Wildman–Crippen LogP) is 7.82. The Balaban J connectivity index is 0.00000216. The normalized spacial score (nSPS) is 12.4. The molecule has 3 aromatic carbocycles. The molecule has 1 aliphatic carbocycles. The Morgan fingerprint density at radius 3 is 2.35 bits per heavy atom. The molecule has 40 heavy (non-hydrogen) atoms. The first kappa shape index (κ1) is 30.3. The van der Waals surface area contributed by atoms with E-state index in [-0.39, 0.29) is 23.6 Å². The molecule has 4 rings (SSSR count). The number of carbonyl (C=O) groups is 2. The van der Waals surface area contributed by atoms with Gasteiger partial charge in [-0.3, -0.25) is 4.79 Å². The highest BCUT2D eigenvalue weighted by molar-refractivity contribution is 6.30. The van der Waals surface area contributed by atoms with Gasteiger partial charge in [0.25, 0.3) is 0 Å². The van der Waals surface area contributed by atoms with Crippen LogP contribution in [0.4, 0.5) is 5.69 Å². The molecule has 1 amide bonds. The van der Waals surface area contributed by atoms with Crippen LogP contribution in [-0.4, -0.2) is 28.6 Å². The van der Waals surface area contributed by atoms with Crippen LogP contribution in [0.5, 0.6) is 5.75 Å². The SMILES string of the molecule is CC.O=C(O)c1cc(N(CC2=CC=C(C#Cc3ccc(Cl)cc3)CCC2)C(=O)CCc2ccccc2)ccc1O. The van der Waals surface area contributed by atoms with Gasteiger partial charge in [0.1, 0.15) is 11.3 Å². The molecule has 0 fully saturated rings. The fourth-order valence-electron chi connectivity index (χ4n) is 4.23. The van der Waals surface area contributed by atoms with Crippen molar-refractivity contribution in [1.82, 2.24) is 0 Å². The quantitative estimate of drug-likeness (QED) is 0.291. The second-order valence-corrected chi connectivity index (χ2v) is 9.54. The number of aryl methyl sites for hydroxylation is 1. The Morgan fingerprint density at radius 1 is 0.925 bits per heavy atom. The number of benzene rings is 3. The maximum Gasteiger partial charge on any atom is 0.339 e. The van der Waals surface area contributed by atoms with Gasteiger partial charge < -0.3 is 15.1 Å². The van der Waals surface area contributed by atoms with Crippen LogP contribution in [0.3, 0.4) is 0 Å². The van der Waals surface area contributed by atoms with Crippen molar-refractivity contribution in [3.8, 4) is 17.6 Å². The van der Waals surface area contributed by atoms with Gasteiger partial charge in [0.15, 0.2) is 0 Å². The lowest BCUT2D eigenvalue weighted by molar-refractivity contribution is -0.118. The van der Waals surface area contributed by atoms with E-state index in [0.717, 1.165) is 41.5 Å². The molecule has 0 unspecified atom stereocenters. The smallest absolute Gasteiger partial charge is 0.339 e. The van der Waals surface area contributed by atoms with E-state index in [0.29, 0.717) is 23.7 Å². The highest BCUT2D eigenvalue weighted by atomic mass is 35.5. The van der Waals surface area contributed by atoms with Gasteiger partial charge in [-0.15, -0.1) is 0 Å². The summed E-state index contributed by atoms with van der Waals surface area (Å²) in [6.45, 7) is 4.33. The Bertz CT molecular complexity index is 1430. The van der Waals surface area contributed by atoms with Gasteiger partial charge in [-0.1, -0.05) is 85.3 Å². The third-order valence-electron chi connectivity index (χ3n) is 6.33. The second-order valence-electron chi connectivity index (χ2n) is 9.10. The van der Waals surface area contributed by atoms with Crippen molar-refractivity contribution in [2.45, 2.75) is 46.0 Å². The average molecular weight is 556 g/mol. The standard InChI is InChI=1S/C32H28ClNO4.C2H6/c33-27-16-13-25(14-17-27)10-9-24-7-4-8-26(12-11-24)22-34(28-18-19-30(35)29(21-28)32(37)38)31(36)20-15-23-5-2-1-3-6-23;1-2/h1-3,5-6,11-14,16-19,21,35H,4,7-8,15,20,22H2,(H,37,38);1-2H3. The molecule has 0 bridgehead atoms. The number of aromatic hydroxyl groups is 1. The lowest BCUT2D eigenvalue weighted by atomic mass is 10.1. The van der Waals surface area contributed by atoms with E-state index >= 15 is 0 Å². The summed E-state index contributed by atoms with van der Waals surface area (Å²) in [5.41, 5.74) is 4.20. The van der Waals surface area contributed by atoms with Crippen molar-refractivity contribution in [3.05, 3.63) is 118 Å². The number of carboxylic acid groups (broad SMARTS) is 1. The Labute approximate surface area is 241 Å². The molecular formula is C34H34ClNO4. The highest BCUT2D eigenvalue weighted by Gasteiger charge is 2.21. The van der Waals surface area contributed by atoms with E-state index in [4.69, 9.17) is 11.6 Å². The molecule has 0 aliphatic heterocycles. The van der Waals surface area contributed by atoms with Crippen LogP contribution < -0.4 is 4.90 Å². The molecule has 3 aromatic rings. The first-order valence-electron chi connectivity index (χ1n) is 13.5. The minimum atomic E-state index is -1.25. The molecule has 0 heterocycles. The van der Waals surface area contributed by atoms with E-state index in [9.17, 15) is 19.8 Å². The lowest BCUT2D eigenvalue weighted by Gasteiger charge is -2.25. The van der Waals surface area contributed by atoms with Crippen LogP contribution >= 0.6 is 11.6 Å².